The van der Waals surface area contributed by atoms with Crippen molar-refractivity contribution in [1.29, 1.82) is 0 Å². The predicted molar refractivity (Wildman–Crippen MR) is 60.1 cm³/mol. The summed E-state index contributed by atoms with van der Waals surface area (Å²) in [5.41, 5.74) is 0.609. The molecule has 1 aromatic rings. The highest BCUT2D eigenvalue weighted by Crippen LogP contribution is 2.22. The summed E-state index contributed by atoms with van der Waals surface area (Å²) in [4.78, 5) is 17.9. The predicted octanol–water partition coefficient (Wildman–Crippen LogP) is 0.987. The van der Waals surface area contributed by atoms with Gasteiger partial charge in [0.1, 0.15) is 5.69 Å². The molecule has 0 spiro atoms. The van der Waals surface area contributed by atoms with Crippen molar-refractivity contribution in [3.8, 4) is 0 Å². The SMILES string of the molecule is Cc1cccnc1C(=O)N1CCC(C)(O)C1. The van der Waals surface area contributed by atoms with Gasteiger partial charge in [-0.15, -0.1) is 0 Å². The number of carbonyl (C=O) groups excluding carboxylic acids is 1. The van der Waals surface area contributed by atoms with E-state index in [1.807, 2.05) is 19.1 Å². The number of hydrogen-bond acceptors (Lipinski definition) is 3. The molecule has 1 unspecified atom stereocenters. The molecule has 1 aromatic heterocycles. The van der Waals surface area contributed by atoms with E-state index in [4.69, 9.17) is 0 Å². The molecule has 0 saturated carbocycles. The molecule has 0 aliphatic carbocycles. The molecule has 4 heteroatoms. The fraction of sp³-hybridized carbons (Fsp3) is 0.500. The van der Waals surface area contributed by atoms with Crippen molar-refractivity contribution in [2.24, 2.45) is 0 Å². The van der Waals surface area contributed by atoms with Crippen LogP contribution in [0.5, 0.6) is 0 Å². The van der Waals surface area contributed by atoms with E-state index in [-0.39, 0.29) is 5.91 Å². The van der Waals surface area contributed by atoms with Crippen molar-refractivity contribution < 1.29 is 9.90 Å². The van der Waals surface area contributed by atoms with Gasteiger partial charge < -0.3 is 10.0 Å². The van der Waals surface area contributed by atoms with E-state index in [2.05, 4.69) is 4.98 Å². The van der Waals surface area contributed by atoms with E-state index < -0.39 is 5.60 Å². The van der Waals surface area contributed by atoms with Crippen LogP contribution in [0.1, 0.15) is 29.4 Å². The third kappa shape index (κ3) is 2.07. The van der Waals surface area contributed by atoms with Crippen LogP contribution in [0.3, 0.4) is 0 Å². The Hall–Kier alpha value is -1.42. The quantitative estimate of drug-likeness (QED) is 0.767. The Morgan fingerprint density at radius 1 is 1.62 bits per heavy atom. The maximum atomic E-state index is 12.1. The average Bonchev–Trinajstić information content (AvgIpc) is 2.59. The summed E-state index contributed by atoms with van der Waals surface area (Å²) in [5, 5.41) is 9.82. The lowest BCUT2D eigenvalue weighted by Crippen LogP contribution is -2.34. The molecule has 1 aliphatic heterocycles. The molecule has 1 saturated heterocycles. The Morgan fingerprint density at radius 3 is 2.94 bits per heavy atom. The second-order valence-corrected chi connectivity index (χ2v) is 4.64. The first-order valence-electron chi connectivity index (χ1n) is 5.43. The monoisotopic (exact) mass is 220 g/mol. The molecular weight excluding hydrogens is 204 g/mol. The zero-order chi connectivity index (χ0) is 11.8. The highest BCUT2D eigenvalue weighted by atomic mass is 16.3. The van der Waals surface area contributed by atoms with Gasteiger partial charge in [0.2, 0.25) is 0 Å². The van der Waals surface area contributed by atoms with Crippen LogP contribution < -0.4 is 0 Å². The molecule has 1 N–H and O–H groups in total. The van der Waals surface area contributed by atoms with Crippen LogP contribution in [0.4, 0.5) is 0 Å². The molecule has 86 valence electrons. The molecule has 1 fully saturated rings. The third-order valence-corrected chi connectivity index (χ3v) is 2.95. The van der Waals surface area contributed by atoms with E-state index >= 15 is 0 Å². The van der Waals surface area contributed by atoms with E-state index in [9.17, 15) is 9.90 Å². The summed E-state index contributed by atoms with van der Waals surface area (Å²) < 4.78 is 0. The number of amides is 1. The first-order valence-corrected chi connectivity index (χ1v) is 5.43. The summed E-state index contributed by atoms with van der Waals surface area (Å²) >= 11 is 0. The zero-order valence-electron chi connectivity index (χ0n) is 9.60. The van der Waals surface area contributed by atoms with Crippen molar-refractivity contribution in [3.63, 3.8) is 0 Å². The van der Waals surface area contributed by atoms with Crippen LogP contribution in [0, 0.1) is 6.92 Å². The molecule has 4 nitrogen and oxygen atoms in total. The van der Waals surface area contributed by atoms with Crippen LogP contribution in [0.2, 0.25) is 0 Å². The number of aliphatic hydroxyl groups is 1. The fourth-order valence-electron chi connectivity index (χ4n) is 1.98. The molecule has 1 amide bonds. The van der Waals surface area contributed by atoms with Crippen molar-refractivity contribution in [3.05, 3.63) is 29.6 Å². The Bertz CT molecular complexity index is 415. The Labute approximate surface area is 94.9 Å². The standard InChI is InChI=1S/C12H16N2O2/c1-9-4-3-6-13-10(9)11(15)14-7-5-12(2,16)8-14/h3-4,6,16H,5,7-8H2,1-2H3. The smallest absolute Gasteiger partial charge is 0.272 e. The largest absolute Gasteiger partial charge is 0.388 e. The molecule has 2 rings (SSSR count). The number of aromatic nitrogens is 1. The van der Waals surface area contributed by atoms with Crippen LogP contribution in [-0.2, 0) is 0 Å². The average molecular weight is 220 g/mol. The second-order valence-electron chi connectivity index (χ2n) is 4.64. The Balaban J connectivity index is 2.18. The summed E-state index contributed by atoms with van der Waals surface area (Å²) in [5.74, 6) is -0.0872. The first kappa shape index (κ1) is 11.1. The van der Waals surface area contributed by atoms with Gasteiger partial charge in [0, 0.05) is 19.3 Å². The van der Waals surface area contributed by atoms with Gasteiger partial charge in [-0.05, 0) is 31.9 Å². The van der Waals surface area contributed by atoms with E-state index in [0.29, 0.717) is 25.2 Å². The van der Waals surface area contributed by atoms with Gasteiger partial charge in [-0.1, -0.05) is 6.07 Å². The number of aryl methyl sites for hydroxylation is 1. The minimum atomic E-state index is -0.752. The summed E-state index contributed by atoms with van der Waals surface area (Å²) in [6, 6.07) is 3.68. The Kier molecular flexibility index (Phi) is 2.68. The molecule has 1 aliphatic rings. The van der Waals surface area contributed by atoms with Gasteiger partial charge in [0.05, 0.1) is 5.60 Å². The topological polar surface area (TPSA) is 53.4 Å². The number of hydrogen-bond donors (Lipinski definition) is 1. The minimum Gasteiger partial charge on any atom is -0.388 e. The van der Waals surface area contributed by atoms with Crippen LogP contribution in [0.25, 0.3) is 0 Å². The number of carbonyl (C=O) groups is 1. The zero-order valence-corrected chi connectivity index (χ0v) is 9.60. The van der Waals surface area contributed by atoms with E-state index in [0.717, 1.165) is 5.56 Å². The van der Waals surface area contributed by atoms with E-state index in [1.165, 1.54) is 0 Å². The number of likely N-dealkylation sites (tertiary alicyclic amines) is 1. The lowest BCUT2D eigenvalue weighted by Gasteiger charge is -2.19. The molecular formula is C12H16N2O2. The van der Waals surface area contributed by atoms with Gasteiger partial charge in [-0.25, -0.2) is 0 Å². The molecule has 1 atom stereocenters. The summed E-state index contributed by atoms with van der Waals surface area (Å²) in [7, 11) is 0. The van der Waals surface area contributed by atoms with Gasteiger partial charge in [0.25, 0.3) is 5.91 Å². The van der Waals surface area contributed by atoms with Crippen LogP contribution in [-0.4, -0.2) is 39.6 Å². The molecule has 16 heavy (non-hydrogen) atoms. The highest BCUT2D eigenvalue weighted by Gasteiger charge is 2.34. The van der Waals surface area contributed by atoms with Gasteiger partial charge in [0.15, 0.2) is 0 Å². The summed E-state index contributed by atoms with van der Waals surface area (Å²) in [6.07, 6.45) is 2.25. The van der Waals surface area contributed by atoms with Crippen LogP contribution in [0.15, 0.2) is 18.3 Å². The lowest BCUT2D eigenvalue weighted by molar-refractivity contribution is 0.0568. The summed E-state index contributed by atoms with van der Waals surface area (Å²) in [6.45, 7) is 4.61. The maximum Gasteiger partial charge on any atom is 0.272 e. The van der Waals surface area contributed by atoms with Gasteiger partial charge in [-0.2, -0.15) is 0 Å². The molecule has 2 heterocycles. The molecule has 0 bridgehead atoms. The van der Waals surface area contributed by atoms with Crippen molar-refractivity contribution >= 4 is 5.91 Å². The maximum absolute atomic E-state index is 12.1. The Morgan fingerprint density at radius 2 is 2.38 bits per heavy atom. The van der Waals surface area contributed by atoms with Gasteiger partial charge in [-0.3, -0.25) is 9.78 Å². The first-order chi connectivity index (χ1) is 7.49. The van der Waals surface area contributed by atoms with E-state index in [1.54, 1.807) is 18.0 Å². The normalized spacial score (nSPS) is 24.8. The third-order valence-electron chi connectivity index (χ3n) is 2.95. The highest BCUT2D eigenvalue weighted by molar-refractivity contribution is 5.93. The lowest BCUT2D eigenvalue weighted by atomic mass is 10.1. The van der Waals surface area contributed by atoms with Crippen molar-refractivity contribution in [2.75, 3.05) is 13.1 Å². The number of rotatable bonds is 1. The number of nitrogens with zero attached hydrogens (tertiary/aromatic N) is 2. The minimum absolute atomic E-state index is 0.0872. The van der Waals surface area contributed by atoms with Gasteiger partial charge >= 0.3 is 0 Å². The second kappa shape index (κ2) is 3.87. The molecule has 0 aromatic carbocycles. The molecule has 0 radical (unpaired) electrons. The fourth-order valence-corrected chi connectivity index (χ4v) is 1.98. The number of pyridine rings is 1. The van der Waals surface area contributed by atoms with Crippen LogP contribution >= 0.6 is 0 Å². The van der Waals surface area contributed by atoms with Crippen molar-refractivity contribution in [1.82, 2.24) is 9.88 Å². The van der Waals surface area contributed by atoms with Crippen molar-refractivity contribution in [2.45, 2.75) is 25.9 Å². The number of β-amino-alcohol motifs (C(OH)–C–C–N with tert-alkyl or cyclic N) is 1.